The zero-order valence-electron chi connectivity index (χ0n) is 14.6. The zero-order valence-corrected chi connectivity index (χ0v) is 15.4. The molecular formula is C17H17N5O4S. The van der Waals surface area contributed by atoms with Crippen molar-refractivity contribution in [3.05, 3.63) is 47.8 Å². The first-order valence-corrected chi connectivity index (χ1v) is 9.45. The smallest absolute Gasteiger partial charge is 0.296 e. The van der Waals surface area contributed by atoms with Crippen molar-refractivity contribution in [3.8, 4) is 11.5 Å². The molecule has 1 heterocycles. The van der Waals surface area contributed by atoms with E-state index in [1.807, 2.05) is 6.92 Å². The zero-order chi connectivity index (χ0) is 19.6. The molecule has 3 rings (SSSR count). The second-order valence-corrected chi connectivity index (χ2v) is 7.13. The maximum absolute atomic E-state index is 11.4. The van der Waals surface area contributed by atoms with Gasteiger partial charge in [0.15, 0.2) is 5.82 Å². The number of hydrogen-bond acceptors (Lipinski definition) is 8. The van der Waals surface area contributed by atoms with Crippen LogP contribution in [0.15, 0.2) is 56.0 Å². The highest BCUT2D eigenvalue weighted by atomic mass is 32.2. The Bertz CT molecular complexity index is 1120. The Morgan fingerprint density at radius 3 is 2.56 bits per heavy atom. The van der Waals surface area contributed by atoms with Crippen LogP contribution in [0.5, 0.6) is 0 Å². The van der Waals surface area contributed by atoms with Crippen LogP contribution in [-0.4, -0.2) is 23.1 Å². The quantitative estimate of drug-likeness (QED) is 0.384. The summed E-state index contributed by atoms with van der Waals surface area (Å²) in [6.45, 7) is 3.62. The monoisotopic (exact) mass is 387 g/mol. The molecule has 9 nitrogen and oxygen atoms in total. The van der Waals surface area contributed by atoms with Gasteiger partial charge in [0, 0.05) is 6.42 Å². The van der Waals surface area contributed by atoms with Gasteiger partial charge in [-0.05, 0) is 36.8 Å². The molecular weight excluding hydrogens is 370 g/mol. The lowest BCUT2D eigenvalue weighted by Crippen LogP contribution is -2.03. The number of nitrogens with zero attached hydrogens (tertiary/aromatic N) is 4. The van der Waals surface area contributed by atoms with E-state index in [-0.39, 0.29) is 11.4 Å². The molecule has 0 saturated heterocycles. The average Bonchev–Trinajstić information content (AvgIpc) is 3.09. The lowest BCUT2D eigenvalue weighted by molar-refractivity contribution is 0.423. The summed E-state index contributed by atoms with van der Waals surface area (Å²) in [4.78, 5) is 3.87. The molecule has 0 atom stereocenters. The molecule has 0 saturated carbocycles. The first kappa shape index (κ1) is 18.7. The maximum atomic E-state index is 11.4. The molecule has 3 N–H and O–H groups in total. The van der Waals surface area contributed by atoms with E-state index in [0.717, 1.165) is 0 Å². The number of rotatable bonds is 5. The molecule has 0 aliphatic rings. The van der Waals surface area contributed by atoms with Crippen molar-refractivity contribution in [2.45, 2.75) is 25.2 Å². The third-order valence-corrected chi connectivity index (χ3v) is 4.70. The third kappa shape index (κ3) is 4.01. The van der Waals surface area contributed by atoms with Crippen LogP contribution in [0.25, 0.3) is 11.5 Å². The highest BCUT2D eigenvalue weighted by molar-refractivity contribution is 7.86. The van der Waals surface area contributed by atoms with E-state index >= 15 is 0 Å². The molecule has 3 aromatic rings. The summed E-state index contributed by atoms with van der Waals surface area (Å²) in [5.74, 6) is 0.887. The van der Waals surface area contributed by atoms with Crippen LogP contribution in [0.4, 0.5) is 17.1 Å². The largest absolute Gasteiger partial charge is 0.398 e. The second kappa shape index (κ2) is 7.25. The summed E-state index contributed by atoms with van der Waals surface area (Å²) in [7, 11) is -4.47. The standard InChI is InChI=1S/C17H17N5O4S/c1-3-16-19-17(26-22-16)11-6-4-5-7-13(11)20-21-14-9-15(27(23,24)25)12(18)8-10(14)2/h4-9H,3,18H2,1-2H3,(H,23,24,25). The minimum atomic E-state index is -4.47. The minimum Gasteiger partial charge on any atom is -0.398 e. The van der Waals surface area contributed by atoms with Crippen molar-refractivity contribution in [2.24, 2.45) is 10.2 Å². The topological polar surface area (TPSA) is 144 Å². The van der Waals surface area contributed by atoms with E-state index in [9.17, 15) is 13.0 Å². The fourth-order valence-corrected chi connectivity index (χ4v) is 3.00. The predicted molar refractivity (Wildman–Crippen MR) is 98.7 cm³/mol. The molecule has 140 valence electrons. The van der Waals surface area contributed by atoms with Crippen molar-refractivity contribution in [3.63, 3.8) is 0 Å². The van der Waals surface area contributed by atoms with Gasteiger partial charge in [-0.25, -0.2) is 0 Å². The first-order valence-electron chi connectivity index (χ1n) is 8.01. The van der Waals surface area contributed by atoms with Crippen LogP contribution >= 0.6 is 0 Å². The number of anilines is 1. The highest BCUT2D eigenvalue weighted by Gasteiger charge is 2.17. The van der Waals surface area contributed by atoms with Crippen LogP contribution in [0, 0.1) is 6.92 Å². The summed E-state index contributed by atoms with van der Waals surface area (Å²) >= 11 is 0. The Morgan fingerprint density at radius 2 is 1.89 bits per heavy atom. The summed E-state index contributed by atoms with van der Waals surface area (Å²) in [5.41, 5.74) is 7.52. The second-order valence-electron chi connectivity index (χ2n) is 5.74. The van der Waals surface area contributed by atoms with Crippen LogP contribution in [0.1, 0.15) is 18.3 Å². The Morgan fingerprint density at radius 1 is 1.19 bits per heavy atom. The molecule has 0 aliphatic carbocycles. The van der Waals surface area contributed by atoms with Gasteiger partial charge in [0.1, 0.15) is 4.90 Å². The minimum absolute atomic E-state index is 0.0627. The Hall–Kier alpha value is -3.11. The Kier molecular flexibility index (Phi) is 5.02. The van der Waals surface area contributed by atoms with Gasteiger partial charge >= 0.3 is 0 Å². The van der Waals surface area contributed by atoms with Gasteiger partial charge in [-0.1, -0.05) is 24.2 Å². The first-order chi connectivity index (χ1) is 12.8. The van der Waals surface area contributed by atoms with Crippen LogP contribution < -0.4 is 5.73 Å². The van der Waals surface area contributed by atoms with E-state index in [2.05, 4.69) is 20.4 Å². The molecule has 27 heavy (non-hydrogen) atoms. The molecule has 0 spiro atoms. The lowest BCUT2D eigenvalue weighted by atomic mass is 10.2. The van der Waals surface area contributed by atoms with Gasteiger partial charge in [0.2, 0.25) is 0 Å². The molecule has 1 aromatic heterocycles. The van der Waals surface area contributed by atoms with E-state index in [1.165, 1.54) is 12.1 Å². The maximum Gasteiger partial charge on any atom is 0.296 e. The molecule has 0 aliphatic heterocycles. The van der Waals surface area contributed by atoms with Gasteiger partial charge in [0.25, 0.3) is 16.0 Å². The molecule has 2 aromatic carbocycles. The van der Waals surface area contributed by atoms with Crippen molar-refractivity contribution in [1.82, 2.24) is 10.1 Å². The summed E-state index contributed by atoms with van der Waals surface area (Å²) in [5, 5.41) is 12.2. The van der Waals surface area contributed by atoms with Gasteiger partial charge < -0.3 is 10.3 Å². The number of aryl methyl sites for hydroxylation is 2. The van der Waals surface area contributed by atoms with E-state index < -0.39 is 15.0 Å². The number of aromatic nitrogens is 2. The molecule has 10 heteroatoms. The highest BCUT2D eigenvalue weighted by Crippen LogP contribution is 2.33. The lowest BCUT2D eigenvalue weighted by Gasteiger charge is -2.06. The van der Waals surface area contributed by atoms with E-state index in [1.54, 1.807) is 31.2 Å². The van der Waals surface area contributed by atoms with Crippen LogP contribution in [0.2, 0.25) is 0 Å². The number of nitrogen functional groups attached to an aromatic ring is 1. The van der Waals surface area contributed by atoms with E-state index in [4.69, 9.17) is 10.3 Å². The summed E-state index contributed by atoms with van der Waals surface area (Å²) in [6, 6.07) is 9.64. The fourth-order valence-electron chi connectivity index (χ4n) is 2.39. The molecule has 0 radical (unpaired) electrons. The van der Waals surface area contributed by atoms with Crippen molar-refractivity contribution < 1.29 is 17.5 Å². The predicted octanol–water partition coefficient (Wildman–Crippen LogP) is 3.85. The average molecular weight is 387 g/mol. The fraction of sp³-hybridized carbons (Fsp3) is 0.176. The summed E-state index contributed by atoms with van der Waals surface area (Å²) in [6.07, 6.45) is 0.635. The van der Waals surface area contributed by atoms with Gasteiger partial charge in [-0.3, -0.25) is 4.55 Å². The normalized spacial score (nSPS) is 12.0. The van der Waals surface area contributed by atoms with E-state index in [0.29, 0.717) is 35.0 Å². The van der Waals surface area contributed by atoms with Gasteiger partial charge in [0.05, 0.1) is 22.6 Å². The number of hydrogen-bond donors (Lipinski definition) is 2. The molecule has 0 unspecified atom stereocenters. The van der Waals surface area contributed by atoms with Crippen molar-refractivity contribution in [2.75, 3.05) is 5.73 Å². The van der Waals surface area contributed by atoms with Crippen LogP contribution in [-0.2, 0) is 16.5 Å². The van der Waals surface area contributed by atoms with Gasteiger partial charge in [-0.2, -0.15) is 18.5 Å². The number of benzene rings is 2. The molecule has 0 bridgehead atoms. The van der Waals surface area contributed by atoms with Crippen LogP contribution in [0.3, 0.4) is 0 Å². The summed E-state index contributed by atoms with van der Waals surface area (Å²) < 4.78 is 37.4. The Labute approximate surface area is 155 Å². The third-order valence-electron chi connectivity index (χ3n) is 3.79. The van der Waals surface area contributed by atoms with Gasteiger partial charge in [-0.15, -0.1) is 5.11 Å². The molecule has 0 amide bonds. The van der Waals surface area contributed by atoms with Crippen molar-refractivity contribution in [1.29, 1.82) is 0 Å². The van der Waals surface area contributed by atoms with Crippen molar-refractivity contribution >= 4 is 27.2 Å². The Balaban J connectivity index is 2.03. The number of nitrogens with two attached hydrogens (primary N) is 1. The number of azo groups is 1. The molecule has 0 fully saturated rings. The SMILES string of the molecule is CCc1noc(-c2ccccc2N=Nc2cc(S(=O)(=O)O)c(N)cc2C)n1.